The van der Waals surface area contributed by atoms with Crippen molar-refractivity contribution in [1.29, 1.82) is 5.26 Å². The van der Waals surface area contributed by atoms with E-state index in [1.807, 2.05) is 6.92 Å². The molecule has 6 heteroatoms. The second kappa shape index (κ2) is 4.47. The molecule has 1 aromatic heterocycles. The lowest BCUT2D eigenvalue weighted by Crippen LogP contribution is -2.44. The minimum absolute atomic E-state index is 0.447. The Balaban J connectivity index is 1.87. The highest BCUT2D eigenvalue weighted by molar-refractivity contribution is 8.01. The van der Waals surface area contributed by atoms with Crippen LogP contribution in [0.2, 0.25) is 0 Å². The zero-order valence-corrected chi connectivity index (χ0v) is 10.1. The highest BCUT2D eigenvalue weighted by atomic mass is 32.2. The van der Waals surface area contributed by atoms with Gasteiger partial charge in [-0.3, -0.25) is 5.32 Å². The lowest BCUT2D eigenvalue weighted by molar-refractivity contribution is 0.490. The first-order valence-electron chi connectivity index (χ1n) is 4.80. The van der Waals surface area contributed by atoms with Crippen molar-refractivity contribution in [3.63, 3.8) is 0 Å². The van der Waals surface area contributed by atoms with Crippen molar-refractivity contribution in [2.45, 2.75) is 35.7 Å². The van der Waals surface area contributed by atoms with E-state index < -0.39 is 5.54 Å². The van der Waals surface area contributed by atoms with Crippen molar-refractivity contribution >= 4 is 23.1 Å². The van der Waals surface area contributed by atoms with Gasteiger partial charge in [-0.05, 0) is 19.8 Å². The van der Waals surface area contributed by atoms with Gasteiger partial charge in [0.15, 0.2) is 4.34 Å². The summed E-state index contributed by atoms with van der Waals surface area (Å²) in [6.45, 7) is 1.94. The van der Waals surface area contributed by atoms with Gasteiger partial charge in [0.2, 0.25) is 0 Å². The maximum Gasteiger partial charge on any atom is 0.174 e. The van der Waals surface area contributed by atoms with Gasteiger partial charge in [-0.2, -0.15) is 5.26 Å². The zero-order valence-electron chi connectivity index (χ0n) is 8.43. The van der Waals surface area contributed by atoms with Crippen molar-refractivity contribution in [1.82, 2.24) is 15.5 Å². The molecule has 4 nitrogen and oxygen atoms in total. The molecule has 0 bridgehead atoms. The summed E-state index contributed by atoms with van der Waals surface area (Å²) in [7, 11) is 0. The lowest BCUT2D eigenvalue weighted by Gasteiger charge is -2.21. The molecule has 1 aliphatic carbocycles. The van der Waals surface area contributed by atoms with Crippen molar-refractivity contribution in [2.75, 3.05) is 5.75 Å². The summed E-state index contributed by atoms with van der Waals surface area (Å²) in [5, 5.41) is 20.2. The van der Waals surface area contributed by atoms with Crippen LogP contribution < -0.4 is 5.32 Å². The summed E-state index contributed by atoms with van der Waals surface area (Å²) in [6.07, 6.45) is 2.39. The Morgan fingerprint density at radius 3 is 3.13 bits per heavy atom. The smallest absolute Gasteiger partial charge is 0.174 e. The van der Waals surface area contributed by atoms with Crippen LogP contribution in [0.3, 0.4) is 0 Å². The summed E-state index contributed by atoms with van der Waals surface area (Å²) < 4.78 is 0.925. The van der Waals surface area contributed by atoms with Crippen LogP contribution in [0.15, 0.2) is 9.85 Å². The zero-order chi connectivity index (χ0) is 10.7. The van der Waals surface area contributed by atoms with E-state index in [1.54, 1.807) is 17.3 Å². The molecule has 0 amide bonds. The summed E-state index contributed by atoms with van der Waals surface area (Å²) >= 11 is 3.10. The molecule has 0 radical (unpaired) electrons. The van der Waals surface area contributed by atoms with Gasteiger partial charge in [-0.25, -0.2) is 0 Å². The topological polar surface area (TPSA) is 61.6 Å². The molecule has 2 rings (SSSR count). The largest absolute Gasteiger partial charge is 0.296 e. The third kappa shape index (κ3) is 3.16. The maximum absolute atomic E-state index is 9.13. The van der Waals surface area contributed by atoms with E-state index in [-0.39, 0.29) is 0 Å². The first-order chi connectivity index (χ1) is 7.22. The molecule has 1 aromatic rings. The van der Waals surface area contributed by atoms with Crippen LogP contribution in [-0.2, 0) is 0 Å². The number of hydrogen-bond donors (Lipinski definition) is 1. The molecule has 1 fully saturated rings. The van der Waals surface area contributed by atoms with Crippen LogP contribution in [-0.4, -0.2) is 27.5 Å². The predicted octanol–water partition coefficient (Wildman–Crippen LogP) is 1.66. The van der Waals surface area contributed by atoms with Crippen LogP contribution in [0.5, 0.6) is 0 Å². The van der Waals surface area contributed by atoms with Gasteiger partial charge < -0.3 is 0 Å². The van der Waals surface area contributed by atoms with E-state index in [2.05, 4.69) is 21.6 Å². The van der Waals surface area contributed by atoms with Crippen LogP contribution in [0.4, 0.5) is 0 Å². The van der Waals surface area contributed by atoms with Gasteiger partial charge >= 0.3 is 0 Å². The molecule has 1 aliphatic rings. The van der Waals surface area contributed by atoms with Crippen molar-refractivity contribution in [3.8, 4) is 6.07 Å². The normalized spacial score (nSPS) is 19.5. The van der Waals surface area contributed by atoms with E-state index in [0.29, 0.717) is 6.04 Å². The second-order valence-electron chi connectivity index (χ2n) is 3.86. The third-order valence-electron chi connectivity index (χ3n) is 2.17. The molecule has 0 aromatic carbocycles. The van der Waals surface area contributed by atoms with Crippen molar-refractivity contribution < 1.29 is 0 Å². The SMILES string of the molecule is CC(C#N)(CSc1nncs1)NC1CC1. The predicted molar refractivity (Wildman–Crippen MR) is 60.8 cm³/mol. The first-order valence-corrected chi connectivity index (χ1v) is 6.66. The summed E-state index contributed by atoms with van der Waals surface area (Å²) in [5.41, 5.74) is 1.26. The summed E-state index contributed by atoms with van der Waals surface area (Å²) in [4.78, 5) is 0. The standard InChI is InChI=1S/C9H12N4S2/c1-9(4-10,12-7-2-3-7)5-14-8-13-11-6-15-8/h6-7,12H,2-3,5H2,1H3. The summed E-state index contributed by atoms with van der Waals surface area (Å²) in [5.74, 6) is 0.717. The lowest BCUT2D eigenvalue weighted by atomic mass is 10.1. The molecular weight excluding hydrogens is 228 g/mol. The molecule has 0 spiro atoms. The molecule has 80 valence electrons. The van der Waals surface area contributed by atoms with E-state index in [0.717, 1.165) is 10.1 Å². The van der Waals surface area contributed by atoms with Crippen LogP contribution >= 0.6 is 23.1 Å². The second-order valence-corrected chi connectivity index (χ2v) is 5.91. The van der Waals surface area contributed by atoms with Gasteiger partial charge in [0, 0.05) is 11.8 Å². The minimum atomic E-state index is -0.447. The summed E-state index contributed by atoms with van der Waals surface area (Å²) in [6, 6.07) is 2.88. The molecule has 15 heavy (non-hydrogen) atoms. The maximum atomic E-state index is 9.13. The number of rotatable bonds is 5. The molecule has 1 saturated carbocycles. The van der Waals surface area contributed by atoms with E-state index in [9.17, 15) is 0 Å². The number of nitriles is 1. The van der Waals surface area contributed by atoms with Gasteiger partial charge in [0.05, 0.1) is 6.07 Å². The fraction of sp³-hybridized carbons (Fsp3) is 0.667. The minimum Gasteiger partial charge on any atom is -0.296 e. The number of nitrogens with zero attached hydrogens (tertiary/aromatic N) is 3. The quantitative estimate of drug-likeness (QED) is 0.793. The average Bonchev–Trinajstić information content (AvgIpc) is 2.88. The Hall–Kier alpha value is -0.640. The molecular formula is C9H12N4S2. The Morgan fingerprint density at radius 1 is 1.80 bits per heavy atom. The first kappa shape index (κ1) is 10.9. The molecule has 1 heterocycles. The van der Waals surface area contributed by atoms with Gasteiger partial charge in [-0.1, -0.05) is 23.1 Å². The molecule has 0 aliphatic heterocycles. The number of nitrogens with one attached hydrogen (secondary N) is 1. The Kier molecular flexibility index (Phi) is 3.24. The Bertz CT molecular complexity index is 355. The third-order valence-corrected chi connectivity index (χ3v) is 4.35. The van der Waals surface area contributed by atoms with Gasteiger partial charge in [0.25, 0.3) is 0 Å². The Morgan fingerprint density at radius 2 is 2.60 bits per heavy atom. The molecule has 1 N–H and O–H groups in total. The van der Waals surface area contributed by atoms with Crippen molar-refractivity contribution in [2.24, 2.45) is 0 Å². The van der Waals surface area contributed by atoms with Crippen LogP contribution in [0, 0.1) is 11.3 Å². The average molecular weight is 240 g/mol. The van der Waals surface area contributed by atoms with Crippen molar-refractivity contribution in [3.05, 3.63) is 5.51 Å². The van der Waals surface area contributed by atoms with Gasteiger partial charge in [-0.15, -0.1) is 10.2 Å². The number of hydrogen-bond acceptors (Lipinski definition) is 6. The number of aromatic nitrogens is 2. The molecule has 1 atom stereocenters. The van der Waals surface area contributed by atoms with Crippen LogP contribution in [0.1, 0.15) is 19.8 Å². The van der Waals surface area contributed by atoms with Crippen LogP contribution in [0.25, 0.3) is 0 Å². The van der Waals surface area contributed by atoms with Gasteiger partial charge in [0.1, 0.15) is 11.0 Å². The monoisotopic (exact) mass is 240 g/mol. The van der Waals surface area contributed by atoms with E-state index in [1.165, 1.54) is 24.2 Å². The number of thioether (sulfide) groups is 1. The highest BCUT2D eigenvalue weighted by Gasteiger charge is 2.32. The fourth-order valence-corrected chi connectivity index (χ4v) is 2.74. The Labute approximate surface area is 97.1 Å². The molecule has 1 unspecified atom stereocenters. The van der Waals surface area contributed by atoms with E-state index >= 15 is 0 Å². The highest BCUT2D eigenvalue weighted by Crippen LogP contribution is 2.27. The fourth-order valence-electron chi connectivity index (χ4n) is 1.22. The van der Waals surface area contributed by atoms with E-state index in [4.69, 9.17) is 5.26 Å². The molecule has 0 saturated heterocycles.